The number of aromatic hydroxyl groups is 1. The summed E-state index contributed by atoms with van der Waals surface area (Å²) in [5.74, 6) is -1.15. The van der Waals surface area contributed by atoms with Crippen LogP contribution in [0.4, 0.5) is 5.69 Å². The van der Waals surface area contributed by atoms with E-state index in [9.17, 15) is 14.7 Å². The van der Waals surface area contributed by atoms with Crippen molar-refractivity contribution < 1.29 is 19.4 Å². The summed E-state index contributed by atoms with van der Waals surface area (Å²) in [6.07, 6.45) is 0. The van der Waals surface area contributed by atoms with Crippen molar-refractivity contribution in [2.24, 2.45) is 16.5 Å². The van der Waals surface area contributed by atoms with Crippen molar-refractivity contribution in [1.82, 2.24) is 4.98 Å². The summed E-state index contributed by atoms with van der Waals surface area (Å²) >= 11 is 0. The van der Waals surface area contributed by atoms with Gasteiger partial charge in [-0.1, -0.05) is 48.5 Å². The minimum Gasteiger partial charge on any atom is -0.494 e. The molecule has 178 valence electrons. The quantitative estimate of drug-likeness (QED) is 0.239. The highest BCUT2D eigenvalue weighted by Crippen LogP contribution is 2.32. The molecule has 4 aromatic rings. The molecule has 0 aliphatic carbocycles. The van der Waals surface area contributed by atoms with E-state index >= 15 is 0 Å². The number of aromatic amines is 1. The fourth-order valence-electron chi connectivity index (χ4n) is 3.78. The van der Waals surface area contributed by atoms with Gasteiger partial charge in [0.1, 0.15) is 5.54 Å². The van der Waals surface area contributed by atoms with E-state index in [4.69, 9.17) is 21.2 Å². The minimum atomic E-state index is -1.31. The van der Waals surface area contributed by atoms with Crippen LogP contribution in [0.25, 0.3) is 10.9 Å². The molecule has 0 aliphatic heterocycles. The number of nitrogens with two attached hydrogens (primary N) is 2. The molecule has 1 unspecified atom stereocenters. The smallest absolute Gasteiger partial charge is 0.338 e. The number of benzene rings is 3. The van der Waals surface area contributed by atoms with Gasteiger partial charge in [0.2, 0.25) is 5.91 Å². The zero-order valence-electron chi connectivity index (χ0n) is 19.4. The molecule has 1 heterocycles. The van der Waals surface area contributed by atoms with E-state index in [1.54, 1.807) is 56.3 Å². The van der Waals surface area contributed by atoms with E-state index in [2.05, 4.69) is 4.98 Å². The van der Waals surface area contributed by atoms with Gasteiger partial charge in [-0.3, -0.25) is 4.79 Å². The molecule has 0 radical (unpaired) electrons. The summed E-state index contributed by atoms with van der Waals surface area (Å²) in [6.45, 7) is 3.56. The number of nitrogens with one attached hydrogen (secondary N) is 1. The average molecular weight is 471 g/mol. The van der Waals surface area contributed by atoms with Crippen LogP contribution in [0.15, 0.2) is 77.8 Å². The highest BCUT2D eigenvalue weighted by Gasteiger charge is 2.28. The fourth-order valence-corrected chi connectivity index (χ4v) is 3.78. The lowest BCUT2D eigenvalue weighted by Crippen LogP contribution is -2.46. The van der Waals surface area contributed by atoms with Gasteiger partial charge in [-0.15, -0.1) is 0 Å². The molecule has 0 saturated heterocycles. The largest absolute Gasteiger partial charge is 0.494 e. The Hall–Kier alpha value is -4.43. The predicted molar refractivity (Wildman–Crippen MR) is 135 cm³/mol. The first-order chi connectivity index (χ1) is 16.7. The second kappa shape index (κ2) is 9.44. The predicted octanol–water partition coefficient (Wildman–Crippen LogP) is 3.88. The van der Waals surface area contributed by atoms with E-state index in [0.717, 1.165) is 5.56 Å². The van der Waals surface area contributed by atoms with Crippen molar-refractivity contribution in [3.05, 3.63) is 95.1 Å². The van der Waals surface area contributed by atoms with Crippen LogP contribution in [0.1, 0.15) is 40.9 Å². The average Bonchev–Trinajstić information content (AvgIpc) is 3.18. The number of ether oxygens (including phenoxy) is 1. The number of hydrogen-bond acceptors (Lipinski definition) is 6. The summed E-state index contributed by atoms with van der Waals surface area (Å²) in [5.41, 5.74) is 14.1. The fraction of sp³-hybridized carbons (Fsp3) is 0.148. The number of H-pyrrole nitrogens is 1. The molecule has 3 aromatic carbocycles. The van der Waals surface area contributed by atoms with Crippen molar-refractivity contribution in [3.8, 4) is 5.88 Å². The number of aromatic nitrogens is 1. The molecule has 4 rings (SSSR count). The van der Waals surface area contributed by atoms with Gasteiger partial charge in [0.05, 0.1) is 29.1 Å². The van der Waals surface area contributed by atoms with Crippen LogP contribution >= 0.6 is 0 Å². The van der Waals surface area contributed by atoms with Crippen LogP contribution in [-0.4, -0.2) is 34.3 Å². The Morgan fingerprint density at radius 2 is 1.71 bits per heavy atom. The summed E-state index contributed by atoms with van der Waals surface area (Å²) < 4.78 is 5.08. The first-order valence-corrected chi connectivity index (χ1v) is 11.1. The van der Waals surface area contributed by atoms with Crippen LogP contribution in [0.5, 0.6) is 5.88 Å². The Balaban J connectivity index is 1.84. The number of esters is 1. The topological polar surface area (TPSA) is 144 Å². The molecule has 35 heavy (non-hydrogen) atoms. The van der Waals surface area contributed by atoms with Crippen molar-refractivity contribution in [3.63, 3.8) is 0 Å². The molecule has 0 fully saturated rings. The SMILES string of the molecule is CCOC(=O)c1ccc2c(C(=Nc3ccc(C(C)(N)C(N)=O)cc3)c3ccccc3)c(O)[nH]c2c1. The van der Waals surface area contributed by atoms with Gasteiger partial charge in [-0.05, 0) is 43.7 Å². The minimum absolute atomic E-state index is 0.0801. The lowest BCUT2D eigenvalue weighted by molar-refractivity contribution is -0.122. The highest BCUT2D eigenvalue weighted by molar-refractivity contribution is 6.22. The molecule has 1 amide bonds. The van der Waals surface area contributed by atoms with Crippen molar-refractivity contribution >= 4 is 34.2 Å². The van der Waals surface area contributed by atoms with E-state index < -0.39 is 17.4 Å². The third-order valence-electron chi connectivity index (χ3n) is 5.79. The molecule has 1 atom stereocenters. The molecule has 8 heteroatoms. The number of fused-ring (bicyclic) bond motifs is 1. The second-order valence-corrected chi connectivity index (χ2v) is 8.27. The molecule has 0 spiro atoms. The van der Waals surface area contributed by atoms with Crippen LogP contribution in [0.3, 0.4) is 0 Å². The Labute approximate surface area is 202 Å². The van der Waals surface area contributed by atoms with Crippen LogP contribution < -0.4 is 11.5 Å². The van der Waals surface area contributed by atoms with Gasteiger partial charge in [-0.25, -0.2) is 9.79 Å². The summed E-state index contributed by atoms with van der Waals surface area (Å²) in [7, 11) is 0. The number of nitrogens with zero attached hydrogens (tertiary/aromatic N) is 1. The number of aliphatic imine (C=N–C) groups is 1. The molecular formula is C27H26N4O4. The van der Waals surface area contributed by atoms with E-state index in [0.29, 0.717) is 39.0 Å². The summed E-state index contributed by atoms with van der Waals surface area (Å²) in [5, 5.41) is 11.6. The number of primary amides is 1. The van der Waals surface area contributed by atoms with Crippen LogP contribution in [-0.2, 0) is 15.1 Å². The molecule has 0 bridgehead atoms. The maximum Gasteiger partial charge on any atom is 0.338 e. The van der Waals surface area contributed by atoms with Gasteiger partial charge in [0, 0.05) is 16.5 Å². The molecule has 6 N–H and O–H groups in total. The number of amides is 1. The lowest BCUT2D eigenvalue weighted by atomic mass is 9.92. The Kier molecular flexibility index (Phi) is 6.40. The first kappa shape index (κ1) is 23.7. The molecule has 0 aliphatic rings. The van der Waals surface area contributed by atoms with E-state index in [1.807, 2.05) is 30.3 Å². The lowest BCUT2D eigenvalue weighted by Gasteiger charge is -2.20. The number of rotatable bonds is 7. The standard InChI is InChI=1S/C27H26N4O4/c1-3-35-25(33)17-9-14-20-21(15-17)31-24(32)22(20)23(16-7-5-4-6-8-16)30-19-12-10-18(11-13-19)27(2,29)26(28)34/h4-15,31-32H,3,29H2,1-2H3,(H2,28,34). The van der Waals surface area contributed by atoms with Gasteiger partial charge < -0.3 is 26.3 Å². The van der Waals surface area contributed by atoms with Crippen LogP contribution in [0.2, 0.25) is 0 Å². The van der Waals surface area contributed by atoms with Crippen molar-refractivity contribution in [2.75, 3.05) is 6.61 Å². The van der Waals surface area contributed by atoms with Gasteiger partial charge in [0.25, 0.3) is 0 Å². The molecule has 8 nitrogen and oxygen atoms in total. The molecular weight excluding hydrogens is 444 g/mol. The van der Waals surface area contributed by atoms with Gasteiger partial charge in [-0.2, -0.15) is 0 Å². The number of carbonyl (C=O) groups is 2. The monoisotopic (exact) mass is 470 g/mol. The van der Waals surface area contributed by atoms with Gasteiger partial charge in [0.15, 0.2) is 5.88 Å². The van der Waals surface area contributed by atoms with Crippen molar-refractivity contribution in [2.45, 2.75) is 19.4 Å². The summed E-state index contributed by atoms with van der Waals surface area (Å²) in [6, 6.07) is 21.3. The van der Waals surface area contributed by atoms with E-state index in [-0.39, 0.29) is 12.5 Å². The van der Waals surface area contributed by atoms with Gasteiger partial charge >= 0.3 is 5.97 Å². The normalized spacial score (nSPS) is 13.4. The number of carbonyl (C=O) groups excluding carboxylic acids is 2. The van der Waals surface area contributed by atoms with Crippen molar-refractivity contribution in [1.29, 1.82) is 0 Å². The Bertz CT molecular complexity index is 1420. The zero-order chi connectivity index (χ0) is 25.2. The highest BCUT2D eigenvalue weighted by atomic mass is 16.5. The summed E-state index contributed by atoms with van der Waals surface area (Å²) in [4.78, 5) is 31.6. The van der Waals surface area contributed by atoms with E-state index in [1.165, 1.54) is 0 Å². The molecule has 0 saturated carbocycles. The maximum atomic E-state index is 12.2. The molecule has 1 aromatic heterocycles. The number of hydrogen-bond donors (Lipinski definition) is 4. The zero-order valence-corrected chi connectivity index (χ0v) is 19.4. The Morgan fingerprint density at radius 1 is 1.03 bits per heavy atom. The maximum absolute atomic E-state index is 12.2. The Morgan fingerprint density at radius 3 is 2.34 bits per heavy atom. The first-order valence-electron chi connectivity index (χ1n) is 11.1. The second-order valence-electron chi connectivity index (χ2n) is 8.27. The third-order valence-corrected chi connectivity index (χ3v) is 5.79. The van der Waals surface area contributed by atoms with Crippen LogP contribution in [0, 0.1) is 0 Å². The third kappa shape index (κ3) is 4.64.